The lowest BCUT2D eigenvalue weighted by Crippen LogP contribution is -2.16. The topological polar surface area (TPSA) is 76.1 Å². The van der Waals surface area contributed by atoms with Crippen molar-refractivity contribution in [2.75, 3.05) is 11.6 Å². The first kappa shape index (κ1) is 18.9. The van der Waals surface area contributed by atoms with Gasteiger partial charge in [-0.2, -0.15) is 0 Å². The molecule has 136 valence electrons. The number of amides is 1. The molecule has 0 atom stereocenters. The summed E-state index contributed by atoms with van der Waals surface area (Å²) in [6.07, 6.45) is 1.98. The van der Waals surface area contributed by atoms with Crippen LogP contribution >= 0.6 is 23.1 Å². The molecular weight excluding hydrogens is 388 g/mol. The predicted molar refractivity (Wildman–Crippen MR) is 108 cm³/mol. The Morgan fingerprint density at radius 3 is 2.62 bits per heavy atom. The maximum atomic E-state index is 12.5. The minimum absolute atomic E-state index is 0.147. The SMILES string of the molecule is CSc1cccc2sc(NC(=O)c3cccc(S(=O)(=O)C(C)C)c3)nc12. The lowest BCUT2D eigenvalue weighted by Gasteiger charge is -2.09. The number of rotatable bonds is 5. The van der Waals surface area contributed by atoms with E-state index >= 15 is 0 Å². The van der Waals surface area contributed by atoms with Crippen molar-refractivity contribution in [3.8, 4) is 0 Å². The molecule has 0 aliphatic heterocycles. The molecule has 1 aromatic heterocycles. The van der Waals surface area contributed by atoms with Gasteiger partial charge in [0.1, 0.15) is 0 Å². The van der Waals surface area contributed by atoms with Crippen LogP contribution < -0.4 is 5.32 Å². The number of anilines is 1. The molecule has 1 amide bonds. The Kier molecular flexibility index (Phi) is 5.36. The largest absolute Gasteiger partial charge is 0.298 e. The Balaban J connectivity index is 1.89. The van der Waals surface area contributed by atoms with Gasteiger partial charge in [-0.1, -0.05) is 23.5 Å². The van der Waals surface area contributed by atoms with Crippen LogP contribution in [-0.4, -0.2) is 30.8 Å². The summed E-state index contributed by atoms with van der Waals surface area (Å²) in [6, 6.07) is 12.0. The quantitative estimate of drug-likeness (QED) is 0.634. The monoisotopic (exact) mass is 406 g/mol. The van der Waals surface area contributed by atoms with Crippen LogP contribution in [0.5, 0.6) is 0 Å². The number of carbonyl (C=O) groups excluding carboxylic acids is 1. The predicted octanol–water partition coefficient (Wildman–Crippen LogP) is 4.45. The van der Waals surface area contributed by atoms with Crippen molar-refractivity contribution < 1.29 is 13.2 Å². The van der Waals surface area contributed by atoms with E-state index in [-0.39, 0.29) is 16.4 Å². The molecule has 1 N–H and O–H groups in total. The smallest absolute Gasteiger partial charge is 0.257 e. The summed E-state index contributed by atoms with van der Waals surface area (Å²) in [5, 5.41) is 2.71. The first-order valence-corrected chi connectivity index (χ1v) is 11.5. The highest BCUT2D eigenvalue weighted by molar-refractivity contribution is 7.98. The van der Waals surface area contributed by atoms with Gasteiger partial charge in [-0.3, -0.25) is 10.1 Å². The third kappa shape index (κ3) is 3.62. The van der Waals surface area contributed by atoms with Crippen LogP contribution in [-0.2, 0) is 9.84 Å². The number of aromatic nitrogens is 1. The van der Waals surface area contributed by atoms with Crippen molar-refractivity contribution in [1.82, 2.24) is 4.98 Å². The van der Waals surface area contributed by atoms with Crippen LogP contribution in [0.25, 0.3) is 10.2 Å². The fourth-order valence-corrected chi connectivity index (χ4v) is 5.02. The highest BCUT2D eigenvalue weighted by Crippen LogP contribution is 2.32. The third-order valence-electron chi connectivity index (χ3n) is 3.87. The van der Waals surface area contributed by atoms with Gasteiger partial charge in [-0.15, -0.1) is 11.8 Å². The first-order valence-electron chi connectivity index (χ1n) is 7.92. The molecule has 0 bridgehead atoms. The number of nitrogens with zero attached hydrogens (tertiary/aromatic N) is 1. The van der Waals surface area contributed by atoms with Gasteiger partial charge in [0.2, 0.25) is 0 Å². The number of nitrogens with one attached hydrogen (secondary N) is 1. The summed E-state index contributed by atoms with van der Waals surface area (Å²) in [5.74, 6) is -0.379. The zero-order valence-corrected chi connectivity index (χ0v) is 17.0. The number of benzene rings is 2. The summed E-state index contributed by atoms with van der Waals surface area (Å²) in [4.78, 5) is 18.2. The van der Waals surface area contributed by atoms with E-state index < -0.39 is 15.1 Å². The number of hydrogen-bond acceptors (Lipinski definition) is 6. The molecule has 0 fully saturated rings. The van der Waals surface area contributed by atoms with Gasteiger partial charge in [0.25, 0.3) is 5.91 Å². The summed E-state index contributed by atoms with van der Waals surface area (Å²) in [5.41, 5.74) is 1.15. The van der Waals surface area contributed by atoms with Crippen LogP contribution in [0.3, 0.4) is 0 Å². The van der Waals surface area contributed by atoms with Crippen molar-refractivity contribution in [3.05, 3.63) is 48.0 Å². The van der Waals surface area contributed by atoms with E-state index in [1.807, 2.05) is 24.5 Å². The van der Waals surface area contributed by atoms with E-state index in [1.54, 1.807) is 37.7 Å². The number of para-hydroxylation sites is 1. The van der Waals surface area contributed by atoms with Crippen molar-refractivity contribution in [2.45, 2.75) is 28.9 Å². The van der Waals surface area contributed by atoms with Crippen molar-refractivity contribution in [1.29, 1.82) is 0 Å². The Bertz CT molecular complexity index is 1070. The fraction of sp³-hybridized carbons (Fsp3) is 0.222. The van der Waals surface area contributed by atoms with E-state index in [2.05, 4.69) is 10.3 Å². The number of fused-ring (bicyclic) bond motifs is 1. The maximum Gasteiger partial charge on any atom is 0.257 e. The molecule has 0 aliphatic rings. The molecule has 0 aliphatic carbocycles. The average Bonchev–Trinajstić information content (AvgIpc) is 3.03. The normalized spacial score (nSPS) is 11.8. The Hall–Kier alpha value is -1.90. The molecule has 3 aromatic rings. The highest BCUT2D eigenvalue weighted by atomic mass is 32.2. The fourth-order valence-electron chi connectivity index (χ4n) is 2.40. The number of hydrogen-bond donors (Lipinski definition) is 1. The zero-order chi connectivity index (χ0) is 18.9. The van der Waals surface area contributed by atoms with Crippen molar-refractivity contribution in [3.63, 3.8) is 0 Å². The summed E-state index contributed by atoms with van der Waals surface area (Å²) < 4.78 is 25.6. The first-order chi connectivity index (χ1) is 12.3. The zero-order valence-electron chi connectivity index (χ0n) is 14.5. The van der Waals surface area contributed by atoms with Gasteiger partial charge >= 0.3 is 0 Å². The molecule has 2 aromatic carbocycles. The minimum Gasteiger partial charge on any atom is -0.298 e. The molecule has 0 radical (unpaired) electrons. The molecule has 0 saturated carbocycles. The van der Waals surface area contributed by atoms with Gasteiger partial charge in [0.05, 0.1) is 20.4 Å². The van der Waals surface area contributed by atoms with Crippen LogP contribution in [0.15, 0.2) is 52.3 Å². The Morgan fingerprint density at radius 2 is 1.92 bits per heavy atom. The second-order valence-corrected chi connectivity index (χ2v) is 10.3. The van der Waals surface area contributed by atoms with Crippen LogP contribution in [0.1, 0.15) is 24.2 Å². The van der Waals surface area contributed by atoms with E-state index in [0.717, 1.165) is 15.1 Å². The minimum atomic E-state index is -3.43. The molecule has 0 unspecified atom stereocenters. The van der Waals surface area contributed by atoms with Crippen LogP contribution in [0, 0.1) is 0 Å². The van der Waals surface area contributed by atoms with Gasteiger partial charge in [0, 0.05) is 10.5 Å². The van der Waals surface area contributed by atoms with Gasteiger partial charge in [-0.25, -0.2) is 13.4 Å². The van der Waals surface area contributed by atoms with E-state index in [0.29, 0.717) is 5.13 Å². The standard InChI is InChI=1S/C18H18N2O3S3/c1-11(2)26(22,23)13-7-4-6-12(10-13)17(21)20-18-19-16-14(24-3)8-5-9-15(16)25-18/h4-11H,1-3H3,(H,19,20,21). The second-order valence-electron chi connectivity index (χ2n) is 5.90. The molecule has 0 saturated heterocycles. The van der Waals surface area contributed by atoms with Crippen molar-refractivity contribution in [2.24, 2.45) is 0 Å². The lowest BCUT2D eigenvalue weighted by atomic mass is 10.2. The summed E-state index contributed by atoms with van der Waals surface area (Å²) in [7, 11) is -3.43. The summed E-state index contributed by atoms with van der Waals surface area (Å²) in [6.45, 7) is 3.24. The molecular formula is C18H18N2O3S3. The number of sulfone groups is 1. The molecule has 5 nitrogen and oxygen atoms in total. The Morgan fingerprint density at radius 1 is 1.19 bits per heavy atom. The van der Waals surface area contributed by atoms with Gasteiger partial charge < -0.3 is 0 Å². The molecule has 8 heteroatoms. The van der Waals surface area contributed by atoms with Crippen LogP contribution in [0.4, 0.5) is 5.13 Å². The molecule has 26 heavy (non-hydrogen) atoms. The number of thiazole rings is 1. The second kappa shape index (κ2) is 7.38. The number of carbonyl (C=O) groups is 1. The molecule has 0 spiro atoms. The number of thioether (sulfide) groups is 1. The molecule has 3 rings (SSSR count). The van der Waals surface area contributed by atoms with E-state index in [1.165, 1.54) is 23.5 Å². The highest BCUT2D eigenvalue weighted by Gasteiger charge is 2.20. The van der Waals surface area contributed by atoms with Crippen LogP contribution in [0.2, 0.25) is 0 Å². The average molecular weight is 407 g/mol. The van der Waals surface area contributed by atoms with Gasteiger partial charge in [-0.05, 0) is 50.4 Å². The van der Waals surface area contributed by atoms with E-state index in [4.69, 9.17) is 0 Å². The molecule has 1 heterocycles. The van der Waals surface area contributed by atoms with E-state index in [9.17, 15) is 13.2 Å². The van der Waals surface area contributed by atoms with Gasteiger partial charge in [0.15, 0.2) is 15.0 Å². The van der Waals surface area contributed by atoms with Crippen molar-refractivity contribution >= 4 is 54.2 Å². The summed E-state index contributed by atoms with van der Waals surface area (Å²) >= 11 is 2.99. The Labute approximate surface area is 160 Å². The lowest BCUT2D eigenvalue weighted by molar-refractivity contribution is 0.102. The third-order valence-corrected chi connectivity index (χ3v) is 7.73. The maximum absolute atomic E-state index is 12.5.